The lowest BCUT2D eigenvalue weighted by Gasteiger charge is -2.15. The maximum atomic E-state index is 13.3. The standard InChI is InChI=1S/C23H16F3N3O3/c1-32-19-13-7-6-12-18(19)29-22(31)15-9-3-2-8-14(15)20(28-29)21(30)27-17-11-5-4-10-16(17)23(24,25)26/h2-13H,1H3,(H,27,30). The number of methoxy groups -OCH3 is 1. The first-order valence-electron chi connectivity index (χ1n) is 9.44. The summed E-state index contributed by atoms with van der Waals surface area (Å²) >= 11 is 0. The number of anilines is 1. The molecule has 3 aromatic carbocycles. The number of ether oxygens (including phenoxy) is 1. The number of aromatic nitrogens is 2. The molecule has 0 atom stereocenters. The third-order valence-electron chi connectivity index (χ3n) is 4.81. The SMILES string of the molecule is COc1ccccc1-n1nc(C(=O)Nc2ccccc2C(F)(F)F)c2ccccc2c1=O. The number of fused-ring (bicyclic) bond motifs is 1. The van der Waals surface area contributed by atoms with Crippen LogP contribution < -0.4 is 15.6 Å². The number of alkyl halides is 3. The summed E-state index contributed by atoms with van der Waals surface area (Å²) in [5.74, 6) is -0.548. The molecule has 0 spiro atoms. The van der Waals surface area contributed by atoms with Crippen LogP contribution in [0.5, 0.6) is 5.75 Å². The molecule has 32 heavy (non-hydrogen) atoms. The van der Waals surface area contributed by atoms with Crippen LogP contribution in [0.15, 0.2) is 77.6 Å². The van der Waals surface area contributed by atoms with Crippen molar-refractivity contribution in [3.63, 3.8) is 0 Å². The number of carbonyl (C=O) groups is 1. The minimum Gasteiger partial charge on any atom is -0.494 e. The van der Waals surface area contributed by atoms with Gasteiger partial charge in [0.1, 0.15) is 11.4 Å². The van der Waals surface area contributed by atoms with Crippen LogP contribution in [0.25, 0.3) is 16.5 Å². The van der Waals surface area contributed by atoms with Gasteiger partial charge in [-0.15, -0.1) is 0 Å². The van der Waals surface area contributed by atoms with Gasteiger partial charge < -0.3 is 10.1 Å². The van der Waals surface area contributed by atoms with Gasteiger partial charge >= 0.3 is 6.18 Å². The lowest BCUT2D eigenvalue weighted by Crippen LogP contribution is -2.27. The fraction of sp³-hybridized carbons (Fsp3) is 0.0870. The lowest BCUT2D eigenvalue weighted by molar-refractivity contribution is -0.136. The van der Waals surface area contributed by atoms with Crippen LogP contribution in [-0.2, 0) is 6.18 Å². The minimum absolute atomic E-state index is 0.183. The van der Waals surface area contributed by atoms with Crippen molar-refractivity contribution in [2.24, 2.45) is 0 Å². The van der Waals surface area contributed by atoms with Crippen molar-refractivity contribution >= 4 is 22.4 Å². The molecule has 0 aliphatic heterocycles. The first-order chi connectivity index (χ1) is 15.3. The Hall–Kier alpha value is -4.14. The Labute approximate surface area is 179 Å². The number of rotatable bonds is 4. The molecule has 0 fully saturated rings. The number of halogens is 3. The summed E-state index contributed by atoms with van der Waals surface area (Å²) < 4.78 is 46.3. The lowest BCUT2D eigenvalue weighted by atomic mass is 10.1. The van der Waals surface area contributed by atoms with E-state index in [0.717, 1.165) is 16.8 Å². The summed E-state index contributed by atoms with van der Waals surface area (Å²) in [6, 6.07) is 17.5. The number of para-hydroxylation sites is 3. The number of hydrogen-bond acceptors (Lipinski definition) is 4. The Balaban J connectivity index is 1.89. The minimum atomic E-state index is -4.66. The number of nitrogens with one attached hydrogen (secondary N) is 1. The van der Waals surface area contributed by atoms with Crippen LogP contribution in [0.4, 0.5) is 18.9 Å². The highest BCUT2D eigenvalue weighted by molar-refractivity contribution is 6.11. The maximum absolute atomic E-state index is 13.3. The molecule has 1 amide bonds. The van der Waals surface area contributed by atoms with Crippen LogP contribution >= 0.6 is 0 Å². The molecule has 1 aromatic heterocycles. The first kappa shape index (κ1) is 21.1. The van der Waals surface area contributed by atoms with E-state index in [1.54, 1.807) is 36.4 Å². The molecule has 0 saturated heterocycles. The summed E-state index contributed by atoms with van der Waals surface area (Å²) in [7, 11) is 1.42. The summed E-state index contributed by atoms with van der Waals surface area (Å²) in [6.45, 7) is 0. The Morgan fingerprint density at radius 2 is 1.56 bits per heavy atom. The quantitative estimate of drug-likeness (QED) is 0.502. The van der Waals surface area contributed by atoms with E-state index in [2.05, 4.69) is 10.4 Å². The Morgan fingerprint density at radius 1 is 0.938 bits per heavy atom. The second-order valence-corrected chi connectivity index (χ2v) is 6.78. The van der Waals surface area contributed by atoms with E-state index in [-0.39, 0.29) is 22.2 Å². The number of nitrogens with zero attached hydrogens (tertiary/aromatic N) is 2. The number of carbonyl (C=O) groups excluding carboxylic acids is 1. The summed E-state index contributed by atoms with van der Waals surface area (Å²) in [6.07, 6.45) is -4.66. The van der Waals surface area contributed by atoms with Crippen molar-refractivity contribution in [2.45, 2.75) is 6.18 Å². The number of hydrogen-bond donors (Lipinski definition) is 1. The van der Waals surface area contributed by atoms with Crippen molar-refractivity contribution in [1.29, 1.82) is 0 Å². The molecule has 0 radical (unpaired) electrons. The van der Waals surface area contributed by atoms with Gasteiger partial charge in [-0.2, -0.15) is 23.0 Å². The van der Waals surface area contributed by atoms with Crippen molar-refractivity contribution in [1.82, 2.24) is 9.78 Å². The van der Waals surface area contributed by atoms with E-state index < -0.39 is 28.9 Å². The van der Waals surface area contributed by atoms with Gasteiger partial charge in [0.2, 0.25) is 0 Å². The maximum Gasteiger partial charge on any atom is 0.418 e. The van der Waals surface area contributed by atoms with E-state index in [1.807, 2.05) is 0 Å². The zero-order valence-corrected chi connectivity index (χ0v) is 16.7. The van der Waals surface area contributed by atoms with Crippen LogP contribution in [0.2, 0.25) is 0 Å². The Bertz CT molecular complexity index is 1380. The normalized spacial score (nSPS) is 11.4. The van der Waals surface area contributed by atoms with Gasteiger partial charge in [-0.25, -0.2) is 0 Å². The number of amides is 1. The van der Waals surface area contributed by atoms with E-state index in [1.165, 1.54) is 31.4 Å². The second-order valence-electron chi connectivity index (χ2n) is 6.78. The predicted molar refractivity (Wildman–Crippen MR) is 113 cm³/mol. The van der Waals surface area contributed by atoms with Gasteiger partial charge in [0.15, 0.2) is 5.69 Å². The van der Waals surface area contributed by atoms with Crippen LogP contribution in [0.3, 0.4) is 0 Å². The first-order valence-corrected chi connectivity index (χ1v) is 9.44. The smallest absolute Gasteiger partial charge is 0.418 e. The molecule has 9 heteroatoms. The van der Waals surface area contributed by atoms with Gasteiger partial charge in [0.25, 0.3) is 11.5 Å². The molecule has 162 valence electrons. The third-order valence-corrected chi connectivity index (χ3v) is 4.81. The molecule has 1 heterocycles. The molecule has 0 aliphatic rings. The predicted octanol–water partition coefficient (Wildman–Crippen LogP) is 4.67. The molecule has 0 saturated carbocycles. The molecule has 4 aromatic rings. The fourth-order valence-electron chi connectivity index (χ4n) is 3.35. The fourth-order valence-corrected chi connectivity index (χ4v) is 3.35. The van der Waals surface area contributed by atoms with Gasteiger partial charge in [-0.05, 0) is 30.3 Å². The van der Waals surface area contributed by atoms with Gasteiger partial charge in [0, 0.05) is 5.39 Å². The van der Waals surface area contributed by atoms with Crippen molar-refractivity contribution in [3.05, 3.63) is 94.4 Å². The van der Waals surface area contributed by atoms with E-state index in [9.17, 15) is 22.8 Å². The number of benzene rings is 3. The molecule has 6 nitrogen and oxygen atoms in total. The highest BCUT2D eigenvalue weighted by atomic mass is 19.4. The molecule has 1 N–H and O–H groups in total. The molecule has 0 aliphatic carbocycles. The summed E-state index contributed by atoms with van der Waals surface area (Å²) in [4.78, 5) is 26.1. The van der Waals surface area contributed by atoms with Crippen LogP contribution in [0.1, 0.15) is 16.1 Å². The summed E-state index contributed by atoms with van der Waals surface area (Å²) in [5.41, 5.74) is -1.82. The molecular formula is C23H16F3N3O3. The summed E-state index contributed by atoms with van der Waals surface area (Å²) in [5, 5.41) is 6.88. The topological polar surface area (TPSA) is 73.2 Å². The van der Waals surface area contributed by atoms with Gasteiger partial charge in [0.05, 0.1) is 23.7 Å². The molecule has 4 rings (SSSR count). The Morgan fingerprint density at radius 3 is 2.28 bits per heavy atom. The van der Waals surface area contributed by atoms with E-state index in [0.29, 0.717) is 5.75 Å². The van der Waals surface area contributed by atoms with Crippen LogP contribution in [-0.4, -0.2) is 22.8 Å². The van der Waals surface area contributed by atoms with Crippen molar-refractivity contribution in [3.8, 4) is 11.4 Å². The molecular weight excluding hydrogens is 423 g/mol. The highest BCUT2D eigenvalue weighted by Crippen LogP contribution is 2.35. The van der Waals surface area contributed by atoms with Gasteiger partial charge in [-0.1, -0.05) is 42.5 Å². The zero-order valence-electron chi connectivity index (χ0n) is 16.7. The zero-order chi connectivity index (χ0) is 22.9. The highest BCUT2D eigenvalue weighted by Gasteiger charge is 2.34. The monoisotopic (exact) mass is 439 g/mol. The largest absolute Gasteiger partial charge is 0.494 e. The molecule has 0 unspecified atom stereocenters. The Kier molecular flexibility index (Phi) is 5.40. The second kappa shape index (κ2) is 8.18. The van der Waals surface area contributed by atoms with Crippen LogP contribution in [0, 0.1) is 0 Å². The van der Waals surface area contributed by atoms with E-state index >= 15 is 0 Å². The average Bonchev–Trinajstić information content (AvgIpc) is 2.79. The van der Waals surface area contributed by atoms with Crippen molar-refractivity contribution < 1.29 is 22.7 Å². The van der Waals surface area contributed by atoms with E-state index in [4.69, 9.17) is 4.74 Å². The van der Waals surface area contributed by atoms with Gasteiger partial charge in [-0.3, -0.25) is 9.59 Å². The average molecular weight is 439 g/mol. The third kappa shape index (κ3) is 3.80. The van der Waals surface area contributed by atoms with Crippen molar-refractivity contribution in [2.75, 3.05) is 12.4 Å². The molecule has 0 bridgehead atoms.